The van der Waals surface area contributed by atoms with Gasteiger partial charge in [-0.1, -0.05) is 165 Å². The van der Waals surface area contributed by atoms with Gasteiger partial charge < -0.3 is 9.80 Å². The van der Waals surface area contributed by atoms with Crippen LogP contribution in [0.2, 0.25) is 0 Å². The van der Waals surface area contributed by atoms with E-state index < -0.39 is 11.5 Å². The Bertz CT molecular complexity index is 3410. The van der Waals surface area contributed by atoms with Crippen molar-refractivity contribution in [3.05, 3.63) is 252 Å². The van der Waals surface area contributed by atoms with Crippen molar-refractivity contribution in [1.82, 2.24) is 0 Å². The third-order valence-corrected chi connectivity index (χ3v) is 13.1. The van der Waals surface area contributed by atoms with Gasteiger partial charge in [0.15, 0.2) is 0 Å². The van der Waals surface area contributed by atoms with Gasteiger partial charge in [-0.05, 0) is 128 Å². The van der Waals surface area contributed by atoms with Crippen LogP contribution < -0.4 is 9.80 Å². The Kier molecular flexibility index (Phi) is 6.47. The first-order valence-corrected chi connectivity index (χ1v) is 20.6. The monoisotopic (exact) mass is 771 g/mol. The SMILES string of the molecule is [2H]c1c([2H])c([2H])c(N(c2ccccc2)c2cccc3c2-c2ccccc2C32c3ccccc3-c3ccc(N(c4ccccc4)c4ccc5c(c4)C(C)(C)c4ccccc4-5)cc32)c([2H])c1[2H]. The van der Waals surface area contributed by atoms with Crippen molar-refractivity contribution in [2.24, 2.45) is 0 Å². The van der Waals surface area contributed by atoms with Crippen LogP contribution in [0.4, 0.5) is 34.1 Å². The molecule has 0 saturated heterocycles. The summed E-state index contributed by atoms with van der Waals surface area (Å²) in [5.41, 5.74) is 17.8. The number of nitrogens with zero attached hydrogens (tertiary/aromatic N) is 2. The van der Waals surface area contributed by atoms with E-state index in [9.17, 15) is 2.74 Å². The van der Waals surface area contributed by atoms with Crippen LogP contribution in [0, 0.1) is 0 Å². The van der Waals surface area contributed by atoms with Crippen LogP contribution in [0.5, 0.6) is 0 Å². The van der Waals surface area contributed by atoms with Crippen LogP contribution in [0.1, 0.15) is 54.1 Å². The van der Waals surface area contributed by atoms with E-state index in [-0.39, 0.29) is 35.3 Å². The fourth-order valence-electron chi connectivity index (χ4n) is 10.7. The molecule has 0 fully saturated rings. The van der Waals surface area contributed by atoms with Gasteiger partial charge in [-0.25, -0.2) is 0 Å². The van der Waals surface area contributed by atoms with Crippen LogP contribution in [-0.2, 0) is 10.8 Å². The Hall–Kier alpha value is -7.42. The highest BCUT2D eigenvalue weighted by Crippen LogP contribution is 2.65. The number of rotatable bonds is 6. The zero-order chi connectivity index (χ0) is 44.4. The van der Waals surface area contributed by atoms with E-state index in [1.54, 1.807) is 0 Å². The highest BCUT2D eigenvalue weighted by Gasteiger charge is 2.52. The Morgan fingerprint density at radius 2 is 0.833 bits per heavy atom. The smallest absolute Gasteiger partial charge is 0.0727 e. The maximum absolute atomic E-state index is 9.24. The van der Waals surface area contributed by atoms with Gasteiger partial charge in [0, 0.05) is 39.4 Å². The van der Waals surface area contributed by atoms with Gasteiger partial charge in [0.25, 0.3) is 0 Å². The van der Waals surface area contributed by atoms with Gasteiger partial charge in [-0.2, -0.15) is 0 Å². The third kappa shape index (κ3) is 4.76. The van der Waals surface area contributed by atoms with E-state index in [0.29, 0.717) is 5.69 Å². The Labute approximate surface area is 359 Å². The molecular weight excluding hydrogens is 725 g/mol. The Morgan fingerprint density at radius 1 is 0.350 bits per heavy atom. The maximum atomic E-state index is 9.24. The first-order valence-electron chi connectivity index (χ1n) is 23.1. The molecule has 0 saturated carbocycles. The Morgan fingerprint density at radius 3 is 1.50 bits per heavy atom. The molecule has 284 valence electrons. The average molecular weight is 772 g/mol. The highest BCUT2D eigenvalue weighted by atomic mass is 15.1. The number of hydrogen-bond acceptors (Lipinski definition) is 2. The standard InChI is InChI=1S/C58H42N2/c1-57(2)49-28-15-12-25-44(49)46-35-33-42(37-53(46)57)59(39-19-6-3-7-20-39)43-34-36-47-45-26-13-16-29-50(45)58(54(47)38-43)51-30-17-14-27-48(51)56-52(58)31-18-32-55(56)60(40-21-8-4-9-22-40)41-23-10-5-11-24-41/h3-38H,1-2H3/i4D,8D,9D,21D,22D. The Balaban J connectivity index is 1.12. The molecule has 0 amide bonds. The second kappa shape index (κ2) is 13.0. The number of benzene rings is 9. The van der Waals surface area contributed by atoms with E-state index in [0.717, 1.165) is 61.7 Å². The molecule has 9 aromatic rings. The van der Waals surface area contributed by atoms with Gasteiger partial charge in [-0.3, -0.25) is 0 Å². The molecular formula is C58H42N2. The summed E-state index contributed by atoms with van der Waals surface area (Å²) in [7, 11) is 0. The summed E-state index contributed by atoms with van der Waals surface area (Å²) in [6.07, 6.45) is 0. The van der Waals surface area contributed by atoms with Crippen LogP contribution >= 0.6 is 0 Å². The van der Waals surface area contributed by atoms with Crippen molar-refractivity contribution in [3.8, 4) is 33.4 Å². The van der Waals surface area contributed by atoms with Gasteiger partial charge in [0.1, 0.15) is 0 Å². The molecule has 12 rings (SSSR count). The van der Waals surface area contributed by atoms with Crippen molar-refractivity contribution < 1.29 is 6.85 Å². The highest BCUT2D eigenvalue weighted by molar-refractivity contribution is 6.01. The lowest BCUT2D eigenvalue weighted by molar-refractivity contribution is 0.660. The maximum Gasteiger partial charge on any atom is 0.0727 e. The molecule has 1 unspecified atom stereocenters. The van der Waals surface area contributed by atoms with Crippen molar-refractivity contribution in [2.75, 3.05) is 9.80 Å². The molecule has 2 nitrogen and oxygen atoms in total. The fourth-order valence-corrected chi connectivity index (χ4v) is 10.7. The molecule has 1 atom stereocenters. The summed E-state index contributed by atoms with van der Waals surface area (Å²) < 4.78 is 44.4. The van der Waals surface area contributed by atoms with Crippen LogP contribution in [0.3, 0.4) is 0 Å². The summed E-state index contributed by atoms with van der Waals surface area (Å²) in [6, 6.07) is 64.7. The first kappa shape index (κ1) is 29.7. The first-order chi connectivity index (χ1) is 31.6. The van der Waals surface area contributed by atoms with Crippen LogP contribution in [0.25, 0.3) is 33.4 Å². The lowest BCUT2D eigenvalue weighted by Crippen LogP contribution is -2.26. The molecule has 1 spiro atoms. The van der Waals surface area contributed by atoms with E-state index in [1.807, 2.05) is 41.3 Å². The second-order valence-corrected chi connectivity index (χ2v) is 16.5. The molecule has 0 radical (unpaired) electrons. The molecule has 0 heterocycles. The van der Waals surface area contributed by atoms with E-state index >= 15 is 0 Å². The van der Waals surface area contributed by atoms with Gasteiger partial charge in [-0.15, -0.1) is 0 Å². The predicted octanol–water partition coefficient (Wildman–Crippen LogP) is 15.3. The van der Waals surface area contributed by atoms with Crippen LogP contribution in [-0.4, -0.2) is 0 Å². The molecule has 0 N–H and O–H groups in total. The molecule has 0 aromatic heterocycles. The average Bonchev–Trinajstić information content (AvgIpc) is 3.90. The minimum Gasteiger partial charge on any atom is -0.310 e. The van der Waals surface area contributed by atoms with Gasteiger partial charge in [0.05, 0.1) is 18.0 Å². The lowest BCUT2D eigenvalue weighted by Gasteiger charge is -2.33. The summed E-state index contributed by atoms with van der Waals surface area (Å²) in [5.74, 6) is 0. The van der Waals surface area contributed by atoms with Gasteiger partial charge >= 0.3 is 0 Å². The third-order valence-electron chi connectivity index (χ3n) is 13.1. The quantitative estimate of drug-likeness (QED) is 0.166. The molecule has 0 aliphatic heterocycles. The van der Waals surface area contributed by atoms with E-state index in [1.165, 1.54) is 27.8 Å². The molecule has 9 aromatic carbocycles. The number of fused-ring (bicyclic) bond motifs is 13. The number of anilines is 6. The summed E-state index contributed by atoms with van der Waals surface area (Å²) in [6.45, 7) is 4.65. The normalized spacial score (nSPS) is 16.9. The molecule has 2 heteroatoms. The zero-order valence-corrected chi connectivity index (χ0v) is 33.3. The van der Waals surface area contributed by atoms with Crippen molar-refractivity contribution in [1.29, 1.82) is 0 Å². The van der Waals surface area contributed by atoms with Gasteiger partial charge in [0.2, 0.25) is 0 Å². The predicted molar refractivity (Wildman–Crippen MR) is 250 cm³/mol. The molecule has 3 aliphatic carbocycles. The minimum absolute atomic E-state index is 0.0997. The van der Waals surface area contributed by atoms with Crippen molar-refractivity contribution in [2.45, 2.75) is 24.7 Å². The number of hydrogen-bond donors (Lipinski definition) is 0. The largest absolute Gasteiger partial charge is 0.310 e. The minimum atomic E-state index is -0.754. The van der Waals surface area contributed by atoms with Crippen LogP contribution in [0.15, 0.2) is 218 Å². The second-order valence-electron chi connectivity index (χ2n) is 16.5. The summed E-state index contributed by atoms with van der Waals surface area (Å²) in [5, 5.41) is 0. The van der Waals surface area contributed by atoms with Crippen molar-refractivity contribution >= 4 is 34.1 Å². The lowest BCUT2D eigenvalue weighted by atomic mass is 9.70. The molecule has 60 heavy (non-hydrogen) atoms. The molecule has 3 aliphatic rings. The summed E-state index contributed by atoms with van der Waals surface area (Å²) >= 11 is 0. The fraction of sp³-hybridized carbons (Fsp3) is 0.0690. The van der Waals surface area contributed by atoms with E-state index in [2.05, 4.69) is 170 Å². The topological polar surface area (TPSA) is 6.48 Å². The summed E-state index contributed by atoms with van der Waals surface area (Å²) in [4.78, 5) is 4.24. The zero-order valence-electron chi connectivity index (χ0n) is 38.3. The van der Waals surface area contributed by atoms with E-state index in [4.69, 9.17) is 4.11 Å². The number of para-hydroxylation sites is 3. The molecule has 0 bridgehead atoms. The van der Waals surface area contributed by atoms with Crippen molar-refractivity contribution in [3.63, 3.8) is 0 Å².